The van der Waals surface area contributed by atoms with Crippen LogP contribution >= 0.6 is 0 Å². The first kappa shape index (κ1) is 12.2. The average Bonchev–Trinajstić information content (AvgIpc) is 3.16. The van der Waals surface area contributed by atoms with Gasteiger partial charge in [0.1, 0.15) is 5.75 Å². The molecule has 0 bridgehead atoms. The minimum Gasteiger partial charge on any atom is -0.508 e. The number of rotatable bonds is 2. The molecule has 0 saturated heterocycles. The number of aryl methyl sites for hydroxylation is 1. The topological polar surface area (TPSA) is 48.9 Å². The van der Waals surface area contributed by atoms with Crippen molar-refractivity contribution >= 4 is 0 Å². The lowest BCUT2D eigenvalue weighted by molar-refractivity contribution is 0.475. The van der Waals surface area contributed by atoms with Gasteiger partial charge in [0.25, 0.3) is 0 Å². The molecule has 0 radical (unpaired) electrons. The van der Waals surface area contributed by atoms with Gasteiger partial charge in [0.05, 0.1) is 12.0 Å². The summed E-state index contributed by atoms with van der Waals surface area (Å²) in [6.45, 7) is 0. The number of phenolic OH excluding ortho intramolecular Hbond substituents is 1. The molecule has 3 aromatic rings. The molecule has 0 amide bonds. The SMILES string of the molecule is Oc1ccc(-c2ccc3c(c2)CCC3c2c[nH]cn2)cc1. The number of phenols is 1. The van der Waals surface area contributed by atoms with Crippen LogP contribution in [0.5, 0.6) is 5.75 Å². The Hall–Kier alpha value is -2.55. The van der Waals surface area contributed by atoms with Crippen LogP contribution in [0, 0.1) is 0 Å². The van der Waals surface area contributed by atoms with E-state index in [0.717, 1.165) is 24.1 Å². The van der Waals surface area contributed by atoms with Crippen LogP contribution in [0.1, 0.15) is 29.2 Å². The van der Waals surface area contributed by atoms with Crippen LogP contribution in [-0.4, -0.2) is 15.1 Å². The van der Waals surface area contributed by atoms with Gasteiger partial charge < -0.3 is 10.1 Å². The molecule has 104 valence electrons. The summed E-state index contributed by atoms with van der Waals surface area (Å²) in [5.41, 5.74) is 6.28. The highest BCUT2D eigenvalue weighted by Gasteiger charge is 2.25. The van der Waals surface area contributed by atoms with Gasteiger partial charge in [0.15, 0.2) is 0 Å². The summed E-state index contributed by atoms with van der Waals surface area (Å²) in [4.78, 5) is 7.45. The van der Waals surface area contributed by atoms with E-state index in [1.807, 2.05) is 18.3 Å². The highest BCUT2D eigenvalue weighted by Crippen LogP contribution is 2.39. The number of nitrogens with one attached hydrogen (secondary N) is 1. The van der Waals surface area contributed by atoms with Crippen molar-refractivity contribution in [2.24, 2.45) is 0 Å². The predicted molar refractivity (Wildman–Crippen MR) is 82.3 cm³/mol. The smallest absolute Gasteiger partial charge is 0.115 e. The molecule has 1 atom stereocenters. The van der Waals surface area contributed by atoms with Gasteiger partial charge in [-0.15, -0.1) is 0 Å². The zero-order valence-electron chi connectivity index (χ0n) is 11.6. The Labute approximate surface area is 123 Å². The molecule has 1 aromatic heterocycles. The van der Waals surface area contributed by atoms with Gasteiger partial charge in [-0.05, 0) is 47.2 Å². The molecule has 1 unspecified atom stereocenters. The van der Waals surface area contributed by atoms with E-state index < -0.39 is 0 Å². The van der Waals surface area contributed by atoms with Crippen molar-refractivity contribution in [2.75, 3.05) is 0 Å². The molecule has 0 spiro atoms. The number of imidazole rings is 1. The van der Waals surface area contributed by atoms with E-state index in [-0.39, 0.29) is 0 Å². The molecule has 1 aliphatic rings. The number of H-pyrrole nitrogens is 1. The first-order chi connectivity index (χ1) is 10.3. The summed E-state index contributed by atoms with van der Waals surface area (Å²) in [7, 11) is 0. The number of nitrogens with zero attached hydrogens (tertiary/aromatic N) is 1. The van der Waals surface area contributed by atoms with E-state index in [4.69, 9.17) is 0 Å². The second-order valence-electron chi connectivity index (χ2n) is 5.55. The Bertz CT molecular complexity index is 760. The van der Waals surface area contributed by atoms with Gasteiger partial charge in [0, 0.05) is 12.1 Å². The Morgan fingerprint density at radius 1 is 1.05 bits per heavy atom. The van der Waals surface area contributed by atoms with Crippen LogP contribution in [0.2, 0.25) is 0 Å². The van der Waals surface area contributed by atoms with Crippen LogP contribution < -0.4 is 0 Å². The van der Waals surface area contributed by atoms with Crippen LogP contribution in [0.15, 0.2) is 55.0 Å². The van der Waals surface area contributed by atoms with E-state index in [1.165, 1.54) is 16.7 Å². The van der Waals surface area contributed by atoms with E-state index in [9.17, 15) is 5.11 Å². The lowest BCUT2D eigenvalue weighted by atomic mass is 9.95. The number of hydrogen-bond acceptors (Lipinski definition) is 2. The number of aromatic nitrogens is 2. The summed E-state index contributed by atoms with van der Waals surface area (Å²) >= 11 is 0. The lowest BCUT2D eigenvalue weighted by Gasteiger charge is -2.10. The molecule has 4 rings (SSSR count). The number of hydrogen-bond donors (Lipinski definition) is 2. The first-order valence-corrected chi connectivity index (χ1v) is 7.22. The average molecular weight is 276 g/mol. The molecule has 1 aliphatic carbocycles. The molecule has 21 heavy (non-hydrogen) atoms. The first-order valence-electron chi connectivity index (χ1n) is 7.22. The highest BCUT2D eigenvalue weighted by molar-refractivity contribution is 5.66. The van der Waals surface area contributed by atoms with Gasteiger partial charge >= 0.3 is 0 Å². The zero-order chi connectivity index (χ0) is 14.2. The van der Waals surface area contributed by atoms with Crippen molar-refractivity contribution < 1.29 is 5.11 Å². The summed E-state index contributed by atoms with van der Waals surface area (Å²) < 4.78 is 0. The predicted octanol–water partition coefficient (Wildman–Crippen LogP) is 3.86. The van der Waals surface area contributed by atoms with Crippen molar-refractivity contribution in [2.45, 2.75) is 18.8 Å². The quantitative estimate of drug-likeness (QED) is 0.746. The minimum absolute atomic E-state index is 0.304. The molecule has 2 aromatic carbocycles. The van der Waals surface area contributed by atoms with Crippen LogP contribution in [0.3, 0.4) is 0 Å². The summed E-state index contributed by atoms with van der Waals surface area (Å²) in [6.07, 6.45) is 5.96. The van der Waals surface area contributed by atoms with Gasteiger partial charge in [-0.25, -0.2) is 4.98 Å². The minimum atomic E-state index is 0.304. The van der Waals surface area contributed by atoms with Crippen LogP contribution in [0.4, 0.5) is 0 Å². The summed E-state index contributed by atoms with van der Waals surface area (Å²) in [5, 5.41) is 9.39. The van der Waals surface area contributed by atoms with Crippen molar-refractivity contribution in [3.8, 4) is 16.9 Å². The highest BCUT2D eigenvalue weighted by atomic mass is 16.3. The van der Waals surface area contributed by atoms with Crippen molar-refractivity contribution in [3.63, 3.8) is 0 Å². The third kappa shape index (κ3) is 2.11. The molecule has 0 aliphatic heterocycles. The Balaban J connectivity index is 1.71. The van der Waals surface area contributed by atoms with E-state index in [0.29, 0.717) is 11.7 Å². The summed E-state index contributed by atoms with van der Waals surface area (Å²) in [6, 6.07) is 14.0. The Morgan fingerprint density at radius 3 is 2.62 bits per heavy atom. The zero-order valence-corrected chi connectivity index (χ0v) is 11.6. The van der Waals surface area contributed by atoms with E-state index in [1.54, 1.807) is 18.5 Å². The number of aromatic hydroxyl groups is 1. The van der Waals surface area contributed by atoms with Gasteiger partial charge in [-0.1, -0.05) is 30.3 Å². The fraction of sp³-hybridized carbons (Fsp3) is 0.167. The Kier molecular flexibility index (Phi) is 2.78. The summed E-state index contributed by atoms with van der Waals surface area (Å²) in [5.74, 6) is 0.721. The molecular weight excluding hydrogens is 260 g/mol. The van der Waals surface area contributed by atoms with Crippen LogP contribution in [-0.2, 0) is 6.42 Å². The maximum Gasteiger partial charge on any atom is 0.115 e. The molecule has 3 nitrogen and oxygen atoms in total. The van der Waals surface area contributed by atoms with Gasteiger partial charge in [-0.3, -0.25) is 0 Å². The monoisotopic (exact) mass is 276 g/mol. The second kappa shape index (κ2) is 4.77. The number of benzene rings is 2. The van der Waals surface area contributed by atoms with Gasteiger partial charge in [0.2, 0.25) is 0 Å². The van der Waals surface area contributed by atoms with E-state index in [2.05, 4.69) is 28.2 Å². The largest absolute Gasteiger partial charge is 0.508 e. The fourth-order valence-electron chi connectivity index (χ4n) is 3.22. The fourth-order valence-corrected chi connectivity index (χ4v) is 3.22. The molecule has 3 heteroatoms. The number of aromatic amines is 1. The Morgan fingerprint density at radius 2 is 1.86 bits per heavy atom. The molecule has 0 saturated carbocycles. The normalized spacial score (nSPS) is 16.9. The molecule has 0 fully saturated rings. The maximum absolute atomic E-state index is 9.39. The molecular formula is C18H16N2O. The van der Waals surface area contributed by atoms with E-state index >= 15 is 0 Å². The van der Waals surface area contributed by atoms with Crippen molar-refractivity contribution in [1.29, 1.82) is 0 Å². The third-order valence-corrected chi connectivity index (χ3v) is 4.30. The van der Waals surface area contributed by atoms with Crippen LogP contribution in [0.25, 0.3) is 11.1 Å². The third-order valence-electron chi connectivity index (χ3n) is 4.30. The van der Waals surface area contributed by atoms with Gasteiger partial charge in [-0.2, -0.15) is 0 Å². The standard InChI is InChI=1S/C18H16N2O/c21-15-5-1-12(2-6-15)13-3-7-16-14(9-13)4-8-17(16)18-10-19-11-20-18/h1-3,5-7,9-11,17,21H,4,8H2,(H,19,20). The second-order valence-corrected chi connectivity index (χ2v) is 5.55. The number of fused-ring (bicyclic) bond motifs is 1. The maximum atomic E-state index is 9.39. The molecule has 2 N–H and O–H groups in total. The van der Waals surface area contributed by atoms with Crippen molar-refractivity contribution in [1.82, 2.24) is 9.97 Å². The van der Waals surface area contributed by atoms with Crippen molar-refractivity contribution in [3.05, 3.63) is 71.8 Å². The molecule has 1 heterocycles. The lowest BCUT2D eigenvalue weighted by Crippen LogP contribution is -1.96.